The van der Waals surface area contributed by atoms with Crippen molar-refractivity contribution in [3.8, 4) is 11.5 Å². The van der Waals surface area contributed by atoms with Gasteiger partial charge in [0, 0.05) is 30.7 Å². The van der Waals surface area contributed by atoms with Gasteiger partial charge in [0.05, 0.1) is 19.9 Å². The van der Waals surface area contributed by atoms with E-state index in [1.165, 1.54) is 0 Å². The van der Waals surface area contributed by atoms with Crippen LogP contribution in [0.2, 0.25) is 0 Å². The summed E-state index contributed by atoms with van der Waals surface area (Å²) in [5.41, 5.74) is 0.819. The van der Waals surface area contributed by atoms with Gasteiger partial charge in [-0.3, -0.25) is 4.98 Å². The molecule has 1 atom stereocenters. The lowest BCUT2D eigenvalue weighted by Crippen LogP contribution is -2.21. The molecule has 0 spiro atoms. The molecule has 0 radical (unpaired) electrons. The van der Waals surface area contributed by atoms with Gasteiger partial charge in [-0.1, -0.05) is 0 Å². The number of rotatable bonds is 6. The standard InChI is InChI=1S/C11H17ClN2O2/c1-8(12)6-13-7-9-11(16-3)10(15-2)4-5-14-9/h4-5,8,13H,6-7H2,1-3H3. The monoisotopic (exact) mass is 244 g/mol. The van der Waals surface area contributed by atoms with E-state index < -0.39 is 0 Å². The largest absolute Gasteiger partial charge is 0.493 e. The molecule has 0 bridgehead atoms. The van der Waals surface area contributed by atoms with E-state index in [1.807, 2.05) is 6.92 Å². The van der Waals surface area contributed by atoms with Crippen molar-refractivity contribution in [2.45, 2.75) is 18.8 Å². The third-order valence-corrected chi connectivity index (χ3v) is 2.24. The van der Waals surface area contributed by atoms with Crippen LogP contribution < -0.4 is 14.8 Å². The van der Waals surface area contributed by atoms with Gasteiger partial charge < -0.3 is 14.8 Å². The SMILES string of the molecule is COc1ccnc(CNCC(C)Cl)c1OC. The second-order valence-corrected chi connectivity index (χ2v) is 4.15. The Hall–Kier alpha value is -1.00. The molecule has 5 heteroatoms. The van der Waals surface area contributed by atoms with Gasteiger partial charge in [-0.2, -0.15) is 0 Å². The molecule has 16 heavy (non-hydrogen) atoms. The van der Waals surface area contributed by atoms with Crippen molar-refractivity contribution in [2.24, 2.45) is 0 Å². The number of hydrogen-bond donors (Lipinski definition) is 1. The molecular weight excluding hydrogens is 228 g/mol. The van der Waals surface area contributed by atoms with Crippen molar-refractivity contribution >= 4 is 11.6 Å². The number of alkyl halides is 1. The van der Waals surface area contributed by atoms with E-state index in [4.69, 9.17) is 21.1 Å². The zero-order valence-electron chi connectivity index (χ0n) is 9.79. The van der Waals surface area contributed by atoms with Crippen LogP contribution in [0.15, 0.2) is 12.3 Å². The third kappa shape index (κ3) is 3.54. The van der Waals surface area contributed by atoms with Crippen LogP contribution >= 0.6 is 11.6 Å². The molecule has 0 aliphatic heterocycles. The highest BCUT2D eigenvalue weighted by Gasteiger charge is 2.10. The van der Waals surface area contributed by atoms with Crippen molar-refractivity contribution in [3.63, 3.8) is 0 Å². The van der Waals surface area contributed by atoms with Gasteiger partial charge >= 0.3 is 0 Å². The van der Waals surface area contributed by atoms with Crippen LogP contribution in [-0.4, -0.2) is 31.1 Å². The average molecular weight is 245 g/mol. The van der Waals surface area contributed by atoms with E-state index in [-0.39, 0.29) is 5.38 Å². The number of hydrogen-bond acceptors (Lipinski definition) is 4. The second kappa shape index (κ2) is 6.55. The molecule has 1 rings (SSSR count). The number of pyridine rings is 1. The van der Waals surface area contributed by atoms with Gasteiger partial charge in [0.2, 0.25) is 0 Å². The normalized spacial score (nSPS) is 12.2. The number of halogens is 1. The van der Waals surface area contributed by atoms with E-state index in [9.17, 15) is 0 Å². The van der Waals surface area contributed by atoms with Gasteiger partial charge in [0.25, 0.3) is 0 Å². The van der Waals surface area contributed by atoms with Crippen molar-refractivity contribution in [3.05, 3.63) is 18.0 Å². The Morgan fingerprint density at radius 3 is 2.75 bits per heavy atom. The minimum Gasteiger partial charge on any atom is -0.493 e. The minimum absolute atomic E-state index is 0.0941. The second-order valence-electron chi connectivity index (χ2n) is 3.40. The van der Waals surface area contributed by atoms with Gasteiger partial charge in [0.15, 0.2) is 11.5 Å². The van der Waals surface area contributed by atoms with Crippen LogP contribution in [0.1, 0.15) is 12.6 Å². The smallest absolute Gasteiger partial charge is 0.183 e. The fourth-order valence-electron chi connectivity index (χ4n) is 1.37. The lowest BCUT2D eigenvalue weighted by Gasteiger charge is -2.12. The van der Waals surface area contributed by atoms with Crippen LogP contribution in [0.25, 0.3) is 0 Å². The Kier molecular flexibility index (Phi) is 5.35. The molecule has 1 N–H and O–H groups in total. The van der Waals surface area contributed by atoms with E-state index in [0.717, 1.165) is 12.2 Å². The molecule has 90 valence electrons. The number of nitrogens with zero attached hydrogens (tertiary/aromatic N) is 1. The fraction of sp³-hybridized carbons (Fsp3) is 0.545. The van der Waals surface area contributed by atoms with Gasteiger partial charge in [0.1, 0.15) is 0 Å². The summed E-state index contributed by atoms with van der Waals surface area (Å²) < 4.78 is 10.4. The van der Waals surface area contributed by atoms with E-state index in [2.05, 4.69) is 10.3 Å². The maximum atomic E-state index is 5.84. The first-order valence-electron chi connectivity index (χ1n) is 5.09. The first-order valence-corrected chi connectivity index (χ1v) is 5.53. The lowest BCUT2D eigenvalue weighted by molar-refractivity contribution is 0.348. The Morgan fingerprint density at radius 2 is 2.19 bits per heavy atom. The molecule has 1 aromatic rings. The van der Waals surface area contributed by atoms with Crippen molar-refractivity contribution in [1.29, 1.82) is 0 Å². The van der Waals surface area contributed by atoms with Gasteiger partial charge in [-0.05, 0) is 6.92 Å². The molecule has 0 aromatic carbocycles. The molecule has 0 saturated carbocycles. The summed E-state index contributed by atoms with van der Waals surface area (Å²) in [6.07, 6.45) is 1.70. The summed E-state index contributed by atoms with van der Waals surface area (Å²) in [6, 6.07) is 1.77. The van der Waals surface area contributed by atoms with Crippen LogP contribution in [0.4, 0.5) is 0 Å². The van der Waals surface area contributed by atoms with Crippen LogP contribution in [0.3, 0.4) is 0 Å². The molecule has 0 saturated heterocycles. The summed E-state index contributed by atoms with van der Waals surface area (Å²) in [5, 5.41) is 3.29. The maximum Gasteiger partial charge on any atom is 0.183 e. The first-order chi connectivity index (χ1) is 7.69. The first kappa shape index (κ1) is 13.1. The minimum atomic E-state index is 0.0941. The molecule has 0 fully saturated rings. The summed E-state index contributed by atoms with van der Waals surface area (Å²) in [4.78, 5) is 4.24. The predicted octanol–water partition coefficient (Wildman–Crippen LogP) is 1.82. The molecule has 1 aromatic heterocycles. The van der Waals surface area contributed by atoms with E-state index in [0.29, 0.717) is 18.0 Å². The topological polar surface area (TPSA) is 43.4 Å². The molecule has 0 aliphatic rings. The van der Waals surface area contributed by atoms with E-state index >= 15 is 0 Å². The number of ether oxygens (including phenoxy) is 2. The fourth-order valence-corrected chi connectivity index (χ4v) is 1.48. The number of aromatic nitrogens is 1. The molecular formula is C11H17ClN2O2. The maximum absolute atomic E-state index is 5.84. The zero-order chi connectivity index (χ0) is 12.0. The quantitative estimate of drug-likeness (QED) is 0.776. The van der Waals surface area contributed by atoms with Crippen LogP contribution in [0, 0.1) is 0 Å². The average Bonchev–Trinajstić information content (AvgIpc) is 2.28. The molecule has 0 aliphatic carbocycles. The molecule has 4 nitrogen and oxygen atoms in total. The highest BCUT2D eigenvalue weighted by atomic mass is 35.5. The molecule has 1 heterocycles. The summed E-state index contributed by atoms with van der Waals surface area (Å²) >= 11 is 5.84. The Bertz CT molecular complexity index is 332. The highest BCUT2D eigenvalue weighted by Crippen LogP contribution is 2.28. The zero-order valence-corrected chi connectivity index (χ0v) is 10.5. The van der Waals surface area contributed by atoms with Gasteiger partial charge in [-0.25, -0.2) is 0 Å². The highest BCUT2D eigenvalue weighted by molar-refractivity contribution is 6.20. The Balaban J connectivity index is 2.71. The lowest BCUT2D eigenvalue weighted by atomic mass is 10.3. The van der Waals surface area contributed by atoms with Crippen molar-refractivity contribution < 1.29 is 9.47 Å². The summed E-state index contributed by atoms with van der Waals surface area (Å²) in [6.45, 7) is 3.27. The predicted molar refractivity (Wildman–Crippen MR) is 64.4 cm³/mol. The van der Waals surface area contributed by atoms with E-state index in [1.54, 1.807) is 26.5 Å². The van der Waals surface area contributed by atoms with Crippen molar-refractivity contribution in [2.75, 3.05) is 20.8 Å². The number of nitrogens with one attached hydrogen (secondary N) is 1. The van der Waals surface area contributed by atoms with Crippen LogP contribution in [0.5, 0.6) is 11.5 Å². The summed E-state index contributed by atoms with van der Waals surface area (Å²) in [5.74, 6) is 1.35. The van der Waals surface area contributed by atoms with Crippen LogP contribution in [-0.2, 0) is 6.54 Å². The molecule has 0 amide bonds. The number of methoxy groups -OCH3 is 2. The Labute approximate surface area is 101 Å². The third-order valence-electron chi connectivity index (χ3n) is 2.08. The Morgan fingerprint density at radius 1 is 1.44 bits per heavy atom. The van der Waals surface area contributed by atoms with Crippen molar-refractivity contribution in [1.82, 2.24) is 10.3 Å². The van der Waals surface area contributed by atoms with Gasteiger partial charge in [-0.15, -0.1) is 11.6 Å². The summed E-state index contributed by atoms with van der Waals surface area (Å²) in [7, 11) is 3.21. The molecule has 1 unspecified atom stereocenters.